The molecule has 9 nitrogen and oxygen atoms in total. The van der Waals surface area contributed by atoms with Gasteiger partial charge >= 0.3 is 0 Å². The molecular weight excluding hydrogens is 500 g/mol. The number of nitrogens with zero attached hydrogens (tertiary/aromatic N) is 3. The van der Waals surface area contributed by atoms with E-state index in [1.54, 1.807) is 12.1 Å². The van der Waals surface area contributed by atoms with Crippen molar-refractivity contribution in [1.82, 2.24) is 19.4 Å². The van der Waals surface area contributed by atoms with Crippen molar-refractivity contribution < 1.29 is 22.7 Å². The lowest BCUT2D eigenvalue weighted by Crippen LogP contribution is -2.55. The number of likely N-dealkylation sites (tertiary alicyclic amines) is 2. The number of carbonyl (C=O) groups is 2. The average Bonchev–Trinajstić information content (AvgIpc) is 3.44. The Morgan fingerprint density at radius 3 is 2.68 bits per heavy atom. The van der Waals surface area contributed by atoms with Gasteiger partial charge in [-0.1, -0.05) is 11.6 Å². The van der Waals surface area contributed by atoms with Crippen LogP contribution in [0.1, 0.15) is 30.6 Å². The molecule has 4 rings (SSSR count). The van der Waals surface area contributed by atoms with E-state index in [-0.39, 0.29) is 24.4 Å². The largest absolute Gasteiger partial charge is 0.379 e. The molecule has 0 bridgehead atoms. The molecule has 0 spiro atoms. The summed E-state index contributed by atoms with van der Waals surface area (Å²) in [5.74, 6) is -0.415. The van der Waals surface area contributed by atoms with Crippen molar-refractivity contribution in [3.8, 4) is 0 Å². The van der Waals surface area contributed by atoms with E-state index in [9.17, 15) is 18.0 Å². The van der Waals surface area contributed by atoms with Crippen molar-refractivity contribution >= 4 is 50.9 Å². The van der Waals surface area contributed by atoms with Crippen LogP contribution in [0.25, 0.3) is 6.08 Å². The molecule has 2 atom stereocenters. The number of hydrogen-bond acceptors (Lipinski definition) is 7. The van der Waals surface area contributed by atoms with Crippen LogP contribution in [0.5, 0.6) is 0 Å². The van der Waals surface area contributed by atoms with Crippen LogP contribution in [-0.2, 0) is 24.3 Å². The van der Waals surface area contributed by atoms with Crippen LogP contribution in [0, 0.1) is 0 Å². The van der Waals surface area contributed by atoms with E-state index in [0.717, 1.165) is 51.1 Å². The smallest absolute Gasteiger partial charge is 0.242 e. The Labute approximate surface area is 209 Å². The van der Waals surface area contributed by atoms with Crippen LogP contribution in [0.15, 0.2) is 17.5 Å². The van der Waals surface area contributed by atoms with Gasteiger partial charge in [0.25, 0.3) is 0 Å². The molecule has 188 valence electrons. The third-order valence-electron chi connectivity index (χ3n) is 6.44. The lowest BCUT2D eigenvalue weighted by atomic mass is 10.1. The zero-order chi connectivity index (χ0) is 24.1. The monoisotopic (exact) mass is 530 g/mol. The first-order chi connectivity index (χ1) is 16.3. The summed E-state index contributed by atoms with van der Waals surface area (Å²) in [5, 5.41) is 1.05. The molecule has 3 aliphatic heterocycles. The van der Waals surface area contributed by atoms with E-state index < -0.39 is 16.1 Å². The Morgan fingerprint density at radius 2 is 1.94 bits per heavy atom. The highest BCUT2D eigenvalue weighted by Crippen LogP contribution is 2.23. The van der Waals surface area contributed by atoms with E-state index in [2.05, 4.69) is 9.62 Å². The molecule has 4 heterocycles. The van der Waals surface area contributed by atoms with Gasteiger partial charge < -0.3 is 14.5 Å². The molecule has 0 aliphatic carbocycles. The highest BCUT2D eigenvalue weighted by molar-refractivity contribution is 7.92. The Balaban J connectivity index is 1.32. The molecule has 2 amide bonds. The number of carbonyl (C=O) groups excluding carboxylic acids is 2. The summed E-state index contributed by atoms with van der Waals surface area (Å²) in [7, 11) is -3.82. The standard InChI is InChI=1S/C22H31ClN4O5S2/c23-20-6-5-18(33-20)7-14-34(30,31)24-19-4-2-8-26(22(19)29)16-21(28)27-9-1-3-17(27)15-25-10-12-32-13-11-25/h5-7,14,17,19,24H,1-4,8-13,15-16H2/b14-7+. The number of hydrogen-bond donors (Lipinski definition) is 1. The predicted octanol–water partition coefficient (Wildman–Crippen LogP) is 1.61. The Morgan fingerprint density at radius 1 is 1.18 bits per heavy atom. The van der Waals surface area contributed by atoms with Crippen LogP contribution < -0.4 is 4.72 Å². The molecule has 2 unspecified atom stereocenters. The van der Waals surface area contributed by atoms with E-state index >= 15 is 0 Å². The summed E-state index contributed by atoms with van der Waals surface area (Å²) in [6.45, 7) is 5.15. The Kier molecular flexibility index (Phi) is 8.65. The topological polar surface area (TPSA) is 99.3 Å². The maximum absolute atomic E-state index is 13.1. The second-order valence-corrected chi connectivity index (χ2v) is 12.2. The number of morpholine rings is 1. The molecule has 3 fully saturated rings. The van der Waals surface area contributed by atoms with Gasteiger partial charge in [0, 0.05) is 49.1 Å². The molecule has 3 aliphatic rings. The minimum absolute atomic E-state index is 0.0137. The molecule has 1 aromatic rings. The zero-order valence-electron chi connectivity index (χ0n) is 19.0. The maximum Gasteiger partial charge on any atom is 0.242 e. The fraction of sp³-hybridized carbons (Fsp3) is 0.636. The van der Waals surface area contributed by atoms with Gasteiger partial charge in [-0.3, -0.25) is 14.5 Å². The van der Waals surface area contributed by atoms with Crippen molar-refractivity contribution in [3.63, 3.8) is 0 Å². The van der Waals surface area contributed by atoms with Crippen molar-refractivity contribution in [3.05, 3.63) is 26.8 Å². The number of piperidine rings is 1. The lowest BCUT2D eigenvalue weighted by Gasteiger charge is -2.35. The van der Waals surface area contributed by atoms with Crippen LogP contribution in [0.4, 0.5) is 0 Å². The fourth-order valence-electron chi connectivity index (χ4n) is 4.71. The van der Waals surface area contributed by atoms with Crippen LogP contribution in [-0.4, -0.2) is 99.5 Å². The summed E-state index contributed by atoms with van der Waals surface area (Å²) in [4.78, 5) is 32.5. The summed E-state index contributed by atoms with van der Waals surface area (Å²) in [6.07, 6.45) is 4.41. The van der Waals surface area contributed by atoms with Crippen LogP contribution in [0.2, 0.25) is 4.34 Å². The average molecular weight is 531 g/mol. The molecule has 3 saturated heterocycles. The van der Waals surface area contributed by atoms with Crippen LogP contribution >= 0.6 is 22.9 Å². The van der Waals surface area contributed by atoms with Gasteiger partial charge in [-0.25, -0.2) is 8.42 Å². The molecule has 0 saturated carbocycles. The number of amides is 2. The van der Waals surface area contributed by atoms with E-state index in [4.69, 9.17) is 16.3 Å². The third-order valence-corrected chi connectivity index (χ3v) is 8.74. The number of halogens is 1. The van der Waals surface area contributed by atoms with E-state index in [1.807, 2.05) is 4.90 Å². The molecule has 1 N–H and O–H groups in total. The first-order valence-electron chi connectivity index (χ1n) is 11.6. The van der Waals surface area contributed by atoms with Crippen LogP contribution in [0.3, 0.4) is 0 Å². The number of ether oxygens (including phenoxy) is 1. The van der Waals surface area contributed by atoms with Crippen molar-refractivity contribution in [2.45, 2.75) is 37.8 Å². The van der Waals surface area contributed by atoms with Gasteiger partial charge in [-0.2, -0.15) is 4.72 Å². The summed E-state index contributed by atoms with van der Waals surface area (Å²) >= 11 is 7.14. The second kappa shape index (κ2) is 11.5. The highest BCUT2D eigenvalue weighted by atomic mass is 35.5. The van der Waals surface area contributed by atoms with Gasteiger partial charge in [-0.15, -0.1) is 11.3 Å². The first-order valence-corrected chi connectivity index (χ1v) is 14.4. The molecule has 34 heavy (non-hydrogen) atoms. The lowest BCUT2D eigenvalue weighted by molar-refractivity contribution is -0.143. The fourth-order valence-corrected chi connectivity index (χ4v) is 6.78. The van der Waals surface area contributed by atoms with Crippen molar-refractivity contribution in [2.75, 3.05) is 52.5 Å². The second-order valence-electron chi connectivity index (χ2n) is 8.86. The minimum Gasteiger partial charge on any atom is -0.379 e. The quantitative estimate of drug-likeness (QED) is 0.548. The molecular formula is C22H31ClN4O5S2. The van der Waals surface area contributed by atoms with Gasteiger partial charge in [0.15, 0.2) is 0 Å². The zero-order valence-corrected chi connectivity index (χ0v) is 21.4. The molecule has 0 aromatic carbocycles. The summed E-state index contributed by atoms with van der Waals surface area (Å²) in [6, 6.07) is 2.70. The molecule has 0 radical (unpaired) electrons. The third kappa shape index (κ3) is 6.79. The Hall–Kier alpha value is -1.50. The SMILES string of the molecule is O=C1C(NS(=O)(=O)/C=C/c2ccc(Cl)s2)CCCN1CC(=O)N1CCCC1CN1CCOCC1. The highest BCUT2D eigenvalue weighted by Gasteiger charge is 2.35. The number of sulfonamides is 1. The van der Waals surface area contributed by atoms with Crippen molar-refractivity contribution in [1.29, 1.82) is 0 Å². The number of nitrogens with one attached hydrogen (secondary N) is 1. The minimum atomic E-state index is -3.82. The van der Waals surface area contributed by atoms with Gasteiger partial charge in [0.05, 0.1) is 24.1 Å². The predicted molar refractivity (Wildman–Crippen MR) is 132 cm³/mol. The normalized spacial score (nSPS) is 24.9. The van der Waals surface area contributed by atoms with E-state index in [1.165, 1.54) is 22.3 Å². The Bertz CT molecular complexity index is 1010. The molecule has 12 heteroatoms. The van der Waals surface area contributed by atoms with Gasteiger partial charge in [-0.05, 0) is 43.9 Å². The first kappa shape index (κ1) is 25.6. The number of rotatable bonds is 8. The van der Waals surface area contributed by atoms with E-state index in [0.29, 0.717) is 35.1 Å². The summed E-state index contributed by atoms with van der Waals surface area (Å²) in [5.41, 5.74) is 0. The maximum atomic E-state index is 13.1. The van der Waals surface area contributed by atoms with Gasteiger partial charge in [0.2, 0.25) is 21.8 Å². The van der Waals surface area contributed by atoms with Gasteiger partial charge in [0.1, 0.15) is 6.04 Å². The molecule has 1 aromatic heterocycles. The summed E-state index contributed by atoms with van der Waals surface area (Å²) < 4.78 is 33.5. The van der Waals surface area contributed by atoms with Crippen molar-refractivity contribution in [2.24, 2.45) is 0 Å². The number of thiophene rings is 1.